The van der Waals surface area contributed by atoms with Gasteiger partial charge in [-0.3, -0.25) is 4.99 Å². The van der Waals surface area contributed by atoms with Gasteiger partial charge in [-0.2, -0.15) is 4.31 Å². The highest BCUT2D eigenvalue weighted by Gasteiger charge is 2.42. The van der Waals surface area contributed by atoms with Crippen molar-refractivity contribution in [2.45, 2.75) is 25.1 Å². The Morgan fingerprint density at radius 3 is 2.57 bits per heavy atom. The van der Waals surface area contributed by atoms with Crippen molar-refractivity contribution in [3.63, 3.8) is 0 Å². The first kappa shape index (κ1) is 21.5. The molecule has 3 fully saturated rings. The second-order valence-electron chi connectivity index (χ2n) is 8.41. The number of ether oxygens (including phenoxy) is 2. The van der Waals surface area contributed by atoms with E-state index in [0.29, 0.717) is 32.8 Å². The average molecular weight is 437 g/mol. The summed E-state index contributed by atoms with van der Waals surface area (Å²) in [6, 6.07) is 7.73. The maximum absolute atomic E-state index is 12.9. The second-order valence-corrected chi connectivity index (χ2v) is 10.4. The molecule has 1 aromatic rings. The normalized spacial score (nSPS) is 25.9. The monoisotopic (exact) mass is 436 g/mol. The number of rotatable bonds is 5. The molecule has 3 saturated heterocycles. The molecule has 4 rings (SSSR count). The van der Waals surface area contributed by atoms with Crippen LogP contribution in [0.15, 0.2) is 29.3 Å². The number of benzene rings is 1. The Morgan fingerprint density at radius 1 is 1.10 bits per heavy atom. The van der Waals surface area contributed by atoms with Gasteiger partial charge in [0, 0.05) is 51.8 Å². The van der Waals surface area contributed by atoms with E-state index < -0.39 is 10.0 Å². The topological polar surface area (TPSA) is 83.5 Å². The van der Waals surface area contributed by atoms with E-state index in [-0.39, 0.29) is 11.2 Å². The maximum Gasteiger partial charge on any atom is 0.218 e. The maximum atomic E-state index is 12.9. The Kier molecular flexibility index (Phi) is 6.62. The van der Waals surface area contributed by atoms with Gasteiger partial charge < -0.3 is 19.7 Å². The molecule has 1 spiro atoms. The van der Waals surface area contributed by atoms with Crippen molar-refractivity contribution >= 4 is 16.0 Å². The van der Waals surface area contributed by atoms with Gasteiger partial charge in [-0.05, 0) is 24.0 Å². The zero-order chi connectivity index (χ0) is 21.0. The summed E-state index contributed by atoms with van der Waals surface area (Å²) in [5.74, 6) is 0.873. The van der Waals surface area contributed by atoms with E-state index in [1.165, 1.54) is 4.31 Å². The van der Waals surface area contributed by atoms with Gasteiger partial charge in [0.15, 0.2) is 5.96 Å². The molecule has 9 heteroatoms. The standard InChI is InChI=1S/C21H32N4O4S/c1-22-20(24-8-6-21(16-24)7-11-29-17-21)23-14-18-4-2-3-5-19(18)15-30(26,27)25-9-12-28-13-10-25/h2-5H,6-17H2,1H3,(H,22,23). The van der Waals surface area contributed by atoms with Crippen LogP contribution in [0.25, 0.3) is 0 Å². The Hall–Kier alpha value is -1.68. The number of morpholine rings is 1. The van der Waals surface area contributed by atoms with Crippen LogP contribution in [-0.2, 0) is 31.8 Å². The van der Waals surface area contributed by atoms with Crippen molar-refractivity contribution in [3.8, 4) is 0 Å². The van der Waals surface area contributed by atoms with Crippen LogP contribution in [-0.4, -0.2) is 83.2 Å². The van der Waals surface area contributed by atoms with Gasteiger partial charge in [0.25, 0.3) is 0 Å². The molecule has 8 nitrogen and oxygen atoms in total. The summed E-state index contributed by atoms with van der Waals surface area (Å²) in [6.07, 6.45) is 2.24. The van der Waals surface area contributed by atoms with Gasteiger partial charge in [-0.25, -0.2) is 8.42 Å². The van der Waals surface area contributed by atoms with E-state index >= 15 is 0 Å². The van der Waals surface area contributed by atoms with Crippen LogP contribution < -0.4 is 5.32 Å². The summed E-state index contributed by atoms with van der Waals surface area (Å²) in [7, 11) is -1.56. The van der Waals surface area contributed by atoms with Crippen LogP contribution in [0, 0.1) is 5.41 Å². The molecule has 0 amide bonds. The van der Waals surface area contributed by atoms with E-state index in [9.17, 15) is 8.42 Å². The van der Waals surface area contributed by atoms with E-state index in [1.54, 1.807) is 7.05 Å². The second kappa shape index (κ2) is 9.21. The lowest BCUT2D eigenvalue weighted by Crippen LogP contribution is -2.42. The van der Waals surface area contributed by atoms with E-state index in [0.717, 1.165) is 56.2 Å². The average Bonchev–Trinajstić information content (AvgIpc) is 3.40. The van der Waals surface area contributed by atoms with Crippen LogP contribution in [0.5, 0.6) is 0 Å². The van der Waals surface area contributed by atoms with E-state index in [4.69, 9.17) is 9.47 Å². The first-order valence-corrected chi connectivity index (χ1v) is 12.3. The Labute approximate surface area is 179 Å². The molecular weight excluding hydrogens is 404 g/mol. The van der Waals surface area contributed by atoms with Gasteiger partial charge in [0.05, 0.1) is 25.6 Å². The Bertz CT molecular complexity index is 862. The van der Waals surface area contributed by atoms with Crippen molar-refractivity contribution in [2.24, 2.45) is 10.4 Å². The molecule has 30 heavy (non-hydrogen) atoms. The number of hydrogen-bond acceptors (Lipinski definition) is 5. The van der Waals surface area contributed by atoms with Gasteiger partial charge in [-0.15, -0.1) is 0 Å². The number of hydrogen-bond donors (Lipinski definition) is 1. The molecule has 0 bridgehead atoms. The summed E-state index contributed by atoms with van der Waals surface area (Å²) in [6.45, 7) is 5.93. The molecule has 3 aliphatic rings. The summed E-state index contributed by atoms with van der Waals surface area (Å²) < 4.78 is 38.2. The van der Waals surface area contributed by atoms with Crippen molar-refractivity contribution in [1.82, 2.24) is 14.5 Å². The van der Waals surface area contributed by atoms with E-state index in [1.807, 2.05) is 24.3 Å². The lowest BCUT2D eigenvalue weighted by molar-refractivity contribution is 0.0729. The molecule has 0 radical (unpaired) electrons. The summed E-state index contributed by atoms with van der Waals surface area (Å²) >= 11 is 0. The van der Waals surface area contributed by atoms with Crippen molar-refractivity contribution in [1.29, 1.82) is 0 Å². The summed E-state index contributed by atoms with van der Waals surface area (Å²) in [4.78, 5) is 6.76. The Morgan fingerprint density at radius 2 is 1.87 bits per heavy atom. The van der Waals surface area contributed by atoms with E-state index in [2.05, 4.69) is 15.2 Å². The number of sulfonamides is 1. The predicted molar refractivity (Wildman–Crippen MR) is 116 cm³/mol. The molecule has 1 unspecified atom stereocenters. The van der Waals surface area contributed by atoms with Crippen LogP contribution in [0.1, 0.15) is 24.0 Å². The minimum atomic E-state index is -3.36. The van der Waals surface area contributed by atoms with Crippen LogP contribution >= 0.6 is 0 Å². The molecule has 1 N–H and O–H groups in total. The molecule has 0 saturated carbocycles. The third-order valence-electron chi connectivity index (χ3n) is 6.39. The molecule has 0 aromatic heterocycles. The van der Waals surface area contributed by atoms with Crippen molar-refractivity contribution < 1.29 is 17.9 Å². The number of nitrogens with zero attached hydrogens (tertiary/aromatic N) is 3. The zero-order valence-corrected chi connectivity index (χ0v) is 18.5. The van der Waals surface area contributed by atoms with Gasteiger partial charge in [0.2, 0.25) is 10.0 Å². The zero-order valence-electron chi connectivity index (χ0n) is 17.7. The highest BCUT2D eigenvalue weighted by atomic mass is 32.2. The third-order valence-corrected chi connectivity index (χ3v) is 8.22. The molecule has 166 valence electrons. The Balaban J connectivity index is 1.40. The quantitative estimate of drug-likeness (QED) is 0.549. The fourth-order valence-electron chi connectivity index (χ4n) is 4.58. The lowest BCUT2D eigenvalue weighted by Gasteiger charge is -2.27. The smallest absolute Gasteiger partial charge is 0.218 e. The van der Waals surface area contributed by atoms with Gasteiger partial charge in [0.1, 0.15) is 0 Å². The third kappa shape index (κ3) is 4.80. The first-order valence-electron chi connectivity index (χ1n) is 10.7. The van der Waals surface area contributed by atoms with Crippen LogP contribution in [0.3, 0.4) is 0 Å². The minimum absolute atomic E-state index is 0.00756. The number of aliphatic imine (C=N–C) groups is 1. The lowest BCUT2D eigenvalue weighted by atomic mass is 9.87. The molecule has 1 aromatic carbocycles. The van der Waals surface area contributed by atoms with Crippen LogP contribution in [0.2, 0.25) is 0 Å². The number of guanidine groups is 1. The molecule has 0 aliphatic carbocycles. The SMILES string of the molecule is CN=C(NCc1ccccc1CS(=O)(=O)N1CCOCC1)N1CCC2(CCOC2)C1. The predicted octanol–water partition coefficient (Wildman–Crippen LogP) is 1.04. The van der Waals surface area contributed by atoms with Gasteiger partial charge in [-0.1, -0.05) is 24.3 Å². The summed E-state index contributed by atoms with van der Waals surface area (Å²) in [5, 5.41) is 3.45. The fraction of sp³-hybridized carbons (Fsp3) is 0.667. The summed E-state index contributed by atoms with van der Waals surface area (Å²) in [5.41, 5.74) is 2.07. The highest BCUT2D eigenvalue weighted by molar-refractivity contribution is 7.88. The number of likely N-dealkylation sites (tertiary alicyclic amines) is 1. The molecule has 3 aliphatic heterocycles. The van der Waals surface area contributed by atoms with Crippen molar-refractivity contribution in [2.75, 3.05) is 59.7 Å². The van der Waals surface area contributed by atoms with Crippen LogP contribution in [0.4, 0.5) is 0 Å². The molecule has 1 atom stereocenters. The van der Waals surface area contributed by atoms with Gasteiger partial charge >= 0.3 is 0 Å². The molecular formula is C21H32N4O4S. The molecule has 3 heterocycles. The highest BCUT2D eigenvalue weighted by Crippen LogP contribution is 2.38. The minimum Gasteiger partial charge on any atom is -0.381 e. The first-order chi connectivity index (χ1) is 14.5. The van der Waals surface area contributed by atoms with Crippen molar-refractivity contribution in [3.05, 3.63) is 35.4 Å². The fourth-order valence-corrected chi connectivity index (χ4v) is 6.14. The number of nitrogens with one attached hydrogen (secondary N) is 1. The largest absolute Gasteiger partial charge is 0.381 e.